The first-order chi connectivity index (χ1) is 26.6. The Hall–Kier alpha value is -2.92. The quantitative estimate of drug-likeness (QED) is 0.0499. The van der Waals surface area contributed by atoms with Crippen LogP contribution < -0.4 is 0 Å². The Morgan fingerprint density at radius 2 is 1.27 bits per heavy atom. The van der Waals surface area contributed by atoms with E-state index in [0.717, 1.165) is 78.0 Å². The molecule has 2 aromatic heterocycles. The first-order valence-corrected chi connectivity index (χ1v) is 21.9. The van der Waals surface area contributed by atoms with Crippen molar-refractivity contribution in [3.8, 4) is 11.3 Å². The van der Waals surface area contributed by atoms with Gasteiger partial charge in [0.25, 0.3) is 0 Å². The summed E-state index contributed by atoms with van der Waals surface area (Å²) in [6.45, 7) is 26.0. The normalized spacial score (nSPS) is 11.5. The fourth-order valence-corrected chi connectivity index (χ4v) is 7.38. The van der Waals surface area contributed by atoms with E-state index in [0.29, 0.717) is 11.8 Å². The van der Waals surface area contributed by atoms with Gasteiger partial charge in [-0.05, 0) is 53.5 Å². The Morgan fingerprint density at radius 3 is 1.82 bits per heavy atom. The molecule has 306 valence electrons. The van der Waals surface area contributed by atoms with Gasteiger partial charge in [0.1, 0.15) is 11.3 Å². The first kappa shape index (κ1) is 49.2. The van der Waals surface area contributed by atoms with Crippen LogP contribution in [0, 0.1) is 6.92 Å². The summed E-state index contributed by atoms with van der Waals surface area (Å²) in [7, 11) is 2.13. The molecule has 0 saturated heterocycles. The van der Waals surface area contributed by atoms with Crippen LogP contribution in [-0.2, 0) is 52.2 Å². The molecule has 5 aromatic rings. The predicted octanol–water partition coefficient (Wildman–Crippen LogP) is 16.3. The van der Waals surface area contributed by atoms with Gasteiger partial charge in [0.15, 0.2) is 0 Å². The van der Waals surface area contributed by atoms with Crippen molar-refractivity contribution in [2.75, 3.05) is 0 Å². The van der Waals surface area contributed by atoms with Gasteiger partial charge >= 0.3 is 0 Å². The summed E-state index contributed by atoms with van der Waals surface area (Å²) in [6.07, 6.45) is 17.9. The monoisotopic (exact) mass is 926 g/mol. The van der Waals surface area contributed by atoms with Gasteiger partial charge in [0, 0.05) is 50.9 Å². The third kappa shape index (κ3) is 13.3. The molecule has 0 amide bonds. The molecular weight excluding hydrogens is 849 g/mol. The largest absolute Gasteiger partial charge is 0.671 e. The third-order valence-electron chi connectivity index (χ3n) is 10.4. The fraction of sp³-hybridized carbons (Fsp3) is 0.529. The molecular formula is C51H75HfN3O-2. The molecule has 0 aliphatic rings. The van der Waals surface area contributed by atoms with Crippen molar-refractivity contribution in [3.63, 3.8) is 0 Å². The number of para-hydroxylation sites is 2. The smallest absolute Gasteiger partial charge is 0.134 e. The molecule has 0 aliphatic heterocycles. The number of hydrogen-bond donors (Lipinski definition) is 0. The molecule has 0 saturated carbocycles. The summed E-state index contributed by atoms with van der Waals surface area (Å²) in [5, 5.41) is 6.89. The second kappa shape index (κ2) is 26.2. The zero-order chi connectivity index (χ0) is 40.3. The fourth-order valence-electron chi connectivity index (χ4n) is 7.38. The minimum Gasteiger partial charge on any atom is -0.671 e. The van der Waals surface area contributed by atoms with E-state index in [2.05, 4.69) is 143 Å². The van der Waals surface area contributed by atoms with Gasteiger partial charge in [-0.3, -0.25) is 0 Å². The molecule has 3 aromatic carbocycles. The van der Waals surface area contributed by atoms with Crippen molar-refractivity contribution >= 4 is 16.7 Å². The number of unbranched alkanes of at least 4 members (excludes halogenated alkanes) is 6. The minimum atomic E-state index is -0.238. The van der Waals surface area contributed by atoms with Crippen molar-refractivity contribution in [2.45, 2.75) is 171 Å². The van der Waals surface area contributed by atoms with Crippen LogP contribution in [0.5, 0.6) is 0 Å². The van der Waals surface area contributed by atoms with E-state index in [1.807, 2.05) is 12.1 Å². The molecule has 0 bridgehead atoms. The number of aryl methyl sites for hydroxylation is 4. The number of furan rings is 1. The van der Waals surface area contributed by atoms with Gasteiger partial charge in [-0.25, -0.2) is 4.98 Å². The number of benzene rings is 3. The van der Waals surface area contributed by atoms with E-state index in [9.17, 15) is 0 Å². The van der Waals surface area contributed by atoms with Crippen LogP contribution in [0.4, 0.5) is 5.69 Å². The summed E-state index contributed by atoms with van der Waals surface area (Å²) in [6, 6.07) is 21.6. The Bertz CT molecular complexity index is 1820. The molecule has 0 N–H and O–H groups in total. The number of rotatable bonds is 18. The van der Waals surface area contributed by atoms with Gasteiger partial charge < -0.3 is 21.2 Å². The summed E-state index contributed by atoms with van der Waals surface area (Å²) >= 11 is 0. The molecule has 0 spiro atoms. The molecule has 2 heterocycles. The number of imidazole rings is 1. The molecule has 1 atom stereocenters. The number of hydrogen-bond acceptors (Lipinski definition) is 2. The van der Waals surface area contributed by atoms with Crippen LogP contribution in [0.2, 0.25) is 0 Å². The number of nitrogens with zero attached hydrogens (tertiary/aromatic N) is 3. The summed E-state index contributed by atoms with van der Waals surface area (Å²) in [5.74, 6) is 2.68. The molecule has 5 rings (SSSR count). The molecule has 5 heteroatoms. The van der Waals surface area contributed by atoms with Crippen LogP contribution in [0.25, 0.3) is 27.5 Å². The first-order valence-electron chi connectivity index (χ1n) is 21.9. The average molecular weight is 925 g/mol. The van der Waals surface area contributed by atoms with Gasteiger partial charge in [-0.15, -0.1) is 5.69 Å². The van der Waals surface area contributed by atoms with E-state index < -0.39 is 0 Å². The average Bonchev–Trinajstić information content (AvgIpc) is 3.76. The molecule has 0 aliphatic carbocycles. The van der Waals surface area contributed by atoms with Crippen LogP contribution in [0.3, 0.4) is 0 Å². The third-order valence-corrected chi connectivity index (χ3v) is 10.4. The SMILES string of the molecule is CCCCCCCC.CCCc1cccc(C(C)C)c1[N-]C(c1c(CCC)cccc1C(C)C)c1nc(-c2c(CC)oc3ccccc23)cn1C.[CH2-]CCC.[Hf]. The maximum atomic E-state index is 6.31. The maximum Gasteiger partial charge on any atom is 0.134 e. The maximum absolute atomic E-state index is 6.31. The topological polar surface area (TPSA) is 45.1 Å². The zero-order valence-corrected chi connectivity index (χ0v) is 40.8. The van der Waals surface area contributed by atoms with Gasteiger partial charge in [0.05, 0.1) is 17.1 Å². The Labute approximate surface area is 361 Å². The Balaban J connectivity index is 0.000000726. The van der Waals surface area contributed by atoms with Crippen LogP contribution in [-0.4, -0.2) is 9.55 Å². The van der Waals surface area contributed by atoms with Crippen LogP contribution in [0.15, 0.2) is 71.3 Å². The van der Waals surface area contributed by atoms with Gasteiger partial charge in [-0.1, -0.05) is 193 Å². The van der Waals surface area contributed by atoms with Crippen molar-refractivity contribution in [2.24, 2.45) is 7.05 Å². The van der Waals surface area contributed by atoms with Crippen molar-refractivity contribution in [3.05, 3.63) is 119 Å². The van der Waals surface area contributed by atoms with Crippen molar-refractivity contribution in [1.29, 1.82) is 0 Å². The van der Waals surface area contributed by atoms with Gasteiger partial charge in [0.2, 0.25) is 0 Å². The summed E-state index contributed by atoms with van der Waals surface area (Å²) < 4.78 is 8.51. The molecule has 1 unspecified atom stereocenters. The predicted molar refractivity (Wildman–Crippen MR) is 241 cm³/mol. The van der Waals surface area contributed by atoms with Crippen molar-refractivity contribution < 1.29 is 30.3 Å². The van der Waals surface area contributed by atoms with E-state index in [4.69, 9.17) is 14.7 Å². The number of fused-ring (bicyclic) bond motifs is 1. The molecule has 56 heavy (non-hydrogen) atoms. The summed E-state index contributed by atoms with van der Waals surface area (Å²) in [5.41, 5.74) is 10.8. The van der Waals surface area contributed by atoms with E-state index in [1.54, 1.807) is 0 Å². The van der Waals surface area contributed by atoms with E-state index >= 15 is 0 Å². The second-order valence-corrected chi connectivity index (χ2v) is 15.7. The Kier molecular flexibility index (Phi) is 23.0. The minimum absolute atomic E-state index is 0. The zero-order valence-electron chi connectivity index (χ0n) is 37.2. The Morgan fingerprint density at radius 1 is 0.696 bits per heavy atom. The van der Waals surface area contributed by atoms with Crippen LogP contribution >= 0.6 is 0 Å². The van der Waals surface area contributed by atoms with E-state index in [-0.39, 0.29) is 31.9 Å². The summed E-state index contributed by atoms with van der Waals surface area (Å²) in [4.78, 5) is 5.44. The van der Waals surface area contributed by atoms with Gasteiger partial charge in [-0.2, -0.15) is 6.42 Å². The van der Waals surface area contributed by atoms with Crippen molar-refractivity contribution in [1.82, 2.24) is 9.55 Å². The molecule has 0 radical (unpaired) electrons. The second-order valence-electron chi connectivity index (χ2n) is 15.7. The standard InChI is InChI=1S/C39H48N3O.C8H18.C4H9.Hf/c1-9-16-27-18-14-21-29(25(4)5)35(27)38(41-37-28(17-10-2)19-15-22-30(37)26(6)7)39-40-32(24-42(39)8)36-31-20-12-13-23-34(31)43-33(36)11-3;1-3-5-7-8-6-4-2;1-3-4-2;/h12-15,18-26,38H,9-11,16-17H2,1-8H3;3-8H2,1-2H3;1,3-4H2,2H3;/q-1;;-1;. The molecule has 0 fully saturated rings. The number of aromatic nitrogens is 2. The van der Waals surface area contributed by atoms with E-state index in [1.165, 1.54) is 72.8 Å². The van der Waals surface area contributed by atoms with Crippen LogP contribution in [0.1, 0.15) is 191 Å². The molecule has 4 nitrogen and oxygen atoms in total.